The summed E-state index contributed by atoms with van der Waals surface area (Å²) in [7, 11) is 0. The maximum atomic E-state index is 9.40. The minimum Gasteiger partial charge on any atom is -0.489 e. The molecular formula is C17H16O3. The fourth-order valence-corrected chi connectivity index (χ4v) is 2.28. The van der Waals surface area contributed by atoms with Gasteiger partial charge in [-0.2, -0.15) is 0 Å². The zero-order valence-corrected chi connectivity index (χ0v) is 11.3. The lowest BCUT2D eigenvalue weighted by atomic mass is 10.1. The molecule has 1 aromatic heterocycles. The van der Waals surface area contributed by atoms with Crippen molar-refractivity contribution in [1.29, 1.82) is 0 Å². The Morgan fingerprint density at radius 1 is 1.10 bits per heavy atom. The summed E-state index contributed by atoms with van der Waals surface area (Å²) in [5.74, 6) is 1.53. The topological polar surface area (TPSA) is 42.6 Å². The van der Waals surface area contributed by atoms with Crippen LogP contribution in [0.15, 0.2) is 52.9 Å². The Hall–Kier alpha value is -2.26. The molecule has 0 unspecified atom stereocenters. The fraction of sp³-hybridized carbons (Fsp3) is 0.176. The Kier molecular flexibility index (Phi) is 3.44. The van der Waals surface area contributed by atoms with E-state index in [1.54, 1.807) is 0 Å². The largest absolute Gasteiger partial charge is 0.489 e. The van der Waals surface area contributed by atoms with Crippen molar-refractivity contribution in [3.8, 4) is 5.75 Å². The Morgan fingerprint density at radius 3 is 2.65 bits per heavy atom. The van der Waals surface area contributed by atoms with Gasteiger partial charge >= 0.3 is 0 Å². The van der Waals surface area contributed by atoms with Gasteiger partial charge in [0.2, 0.25) is 0 Å². The van der Waals surface area contributed by atoms with Crippen LogP contribution in [0.2, 0.25) is 0 Å². The molecule has 0 aliphatic heterocycles. The lowest BCUT2D eigenvalue weighted by Crippen LogP contribution is -1.94. The second kappa shape index (κ2) is 5.39. The third-order valence-corrected chi connectivity index (χ3v) is 3.37. The summed E-state index contributed by atoms with van der Waals surface area (Å²) in [5.41, 5.74) is 2.72. The molecule has 1 N–H and O–H groups in total. The molecular weight excluding hydrogens is 252 g/mol. The van der Waals surface area contributed by atoms with E-state index in [-0.39, 0.29) is 6.61 Å². The van der Waals surface area contributed by atoms with E-state index in [0.717, 1.165) is 33.6 Å². The second-order valence-electron chi connectivity index (χ2n) is 4.73. The lowest BCUT2D eigenvalue weighted by Gasteiger charge is -2.06. The maximum Gasteiger partial charge on any atom is 0.134 e. The normalized spacial score (nSPS) is 10.9. The van der Waals surface area contributed by atoms with Crippen molar-refractivity contribution >= 4 is 11.0 Å². The van der Waals surface area contributed by atoms with E-state index >= 15 is 0 Å². The van der Waals surface area contributed by atoms with Crippen molar-refractivity contribution in [2.24, 2.45) is 0 Å². The van der Waals surface area contributed by atoms with Crippen molar-refractivity contribution in [2.75, 3.05) is 0 Å². The van der Waals surface area contributed by atoms with E-state index < -0.39 is 0 Å². The summed E-state index contributed by atoms with van der Waals surface area (Å²) >= 11 is 0. The molecule has 0 amide bonds. The number of hydrogen-bond donors (Lipinski definition) is 1. The minimum atomic E-state index is -0.0268. The summed E-state index contributed by atoms with van der Waals surface area (Å²) in [5, 5.41) is 10.3. The van der Waals surface area contributed by atoms with Crippen LogP contribution in [0.4, 0.5) is 0 Å². The third-order valence-electron chi connectivity index (χ3n) is 3.37. The number of ether oxygens (including phenoxy) is 1. The summed E-state index contributed by atoms with van der Waals surface area (Å²) < 4.78 is 11.4. The molecule has 3 nitrogen and oxygen atoms in total. The molecule has 0 aliphatic carbocycles. The minimum absolute atomic E-state index is 0.0268. The van der Waals surface area contributed by atoms with Gasteiger partial charge in [-0.25, -0.2) is 0 Å². The van der Waals surface area contributed by atoms with Gasteiger partial charge in [-0.3, -0.25) is 0 Å². The first-order valence-corrected chi connectivity index (χ1v) is 6.57. The smallest absolute Gasteiger partial charge is 0.134 e. The number of rotatable bonds is 4. The quantitative estimate of drug-likeness (QED) is 0.782. The Bertz CT molecular complexity index is 714. The van der Waals surface area contributed by atoms with Crippen molar-refractivity contribution in [1.82, 2.24) is 0 Å². The van der Waals surface area contributed by atoms with Gasteiger partial charge < -0.3 is 14.3 Å². The van der Waals surface area contributed by atoms with Crippen LogP contribution in [-0.4, -0.2) is 5.11 Å². The van der Waals surface area contributed by atoms with Gasteiger partial charge in [-0.1, -0.05) is 30.3 Å². The first-order chi connectivity index (χ1) is 9.78. The van der Waals surface area contributed by atoms with Gasteiger partial charge in [-0.15, -0.1) is 0 Å². The number of aliphatic hydroxyl groups excluding tert-OH is 1. The number of benzene rings is 2. The summed E-state index contributed by atoms with van der Waals surface area (Å²) in [6.07, 6.45) is 0. The van der Waals surface area contributed by atoms with E-state index in [1.165, 1.54) is 0 Å². The molecule has 102 valence electrons. The predicted molar refractivity (Wildman–Crippen MR) is 77.6 cm³/mol. The Labute approximate surface area is 117 Å². The van der Waals surface area contributed by atoms with Crippen LogP contribution >= 0.6 is 0 Å². The number of fused-ring (bicyclic) bond motifs is 1. The van der Waals surface area contributed by atoms with Crippen LogP contribution in [0.5, 0.6) is 5.75 Å². The molecule has 2 aromatic carbocycles. The zero-order valence-electron chi connectivity index (χ0n) is 11.3. The van der Waals surface area contributed by atoms with E-state index in [0.29, 0.717) is 6.61 Å². The summed E-state index contributed by atoms with van der Waals surface area (Å²) in [6, 6.07) is 15.7. The molecule has 0 spiro atoms. The monoisotopic (exact) mass is 268 g/mol. The van der Waals surface area contributed by atoms with Gasteiger partial charge in [0, 0.05) is 10.9 Å². The van der Waals surface area contributed by atoms with Crippen molar-refractivity contribution < 1.29 is 14.3 Å². The third kappa shape index (κ3) is 2.40. The highest BCUT2D eigenvalue weighted by Gasteiger charge is 2.10. The molecule has 0 saturated heterocycles. The van der Waals surface area contributed by atoms with Gasteiger partial charge in [0.05, 0.1) is 6.61 Å². The molecule has 0 aliphatic rings. The first-order valence-electron chi connectivity index (χ1n) is 6.57. The van der Waals surface area contributed by atoms with Crippen molar-refractivity contribution in [3.05, 3.63) is 65.4 Å². The highest BCUT2D eigenvalue weighted by Crippen LogP contribution is 2.29. The number of furan rings is 1. The van der Waals surface area contributed by atoms with Crippen LogP contribution in [0.25, 0.3) is 11.0 Å². The van der Waals surface area contributed by atoms with Crippen LogP contribution in [0, 0.1) is 6.92 Å². The van der Waals surface area contributed by atoms with Crippen LogP contribution in [0.3, 0.4) is 0 Å². The average molecular weight is 268 g/mol. The molecule has 0 bridgehead atoms. The molecule has 3 rings (SSSR count). The molecule has 3 heteroatoms. The Balaban J connectivity index is 1.85. The maximum absolute atomic E-state index is 9.40. The van der Waals surface area contributed by atoms with Crippen LogP contribution < -0.4 is 4.74 Å². The average Bonchev–Trinajstić information content (AvgIpc) is 2.80. The molecule has 20 heavy (non-hydrogen) atoms. The van der Waals surface area contributed by atoms with E-state index in [4.69, 9.17) is 9.15 Å². The van der Waals surface area contributed by atoms with Crippen molar-refractivity contribution in [2.45, 2.75) is 20.1 Å². The lowest BCUT2D eigenvalue weighted by molar-refractivity contribution is 0.280. The van der Waals surface area contributed by atoms with Crippen LogP contribution in [-0.2, 0) is 13.2 Å². The van der Waals surface area contributed by atoms with E-state index in [9.17, 15) is 5.11 Å². The molecule has 0 saturated carbocycles. The molecule has 1 heterocycles. The first kappa shape index (κ1) is 12.8. The highest BCUT2D eigenvalue weighted by molar-refractivity contribution is 5.83. The number of aryl methyl sites for hydroxylation is 1. The van der Waals surface area contributed by atoms with Gasteiger partial charge in [-0.05, 0) is 30.7 Å². The summed E-state index contributed by atoms with van der Waals surface area (Å²) in [6.45, 7) is 2.36. The second-order valence-corrected chi connectivity index (χ2v) is 4.73. The SMILES string of the molecule is Cc1oc2ccc(OCc3ccccc3)cc2c1CO. The van der Waals surface area contributed by atoms with Gasteiger partial charge in [0.15, 0.2) is 0 Å². The van der Waals surface area contributed by atoms with E-state index in [2.05, 4.69) is 0 Å². The van der Waals surface area contributed by atoms with Crippen LogP contribution in [0.1, 0.15) is 16.9 Å². The molecule has 0 radical (unpaired) electrons. The van der Waals surface area contributed by atoms with Gasteiger partial charge in [0.1, 0.15) is 23.7 Å². The standard InChI is InChI=1S/C17H16O3/c1-12-16(10-18)15-9-14(7-8-17(15)20-12)19-11-13-5-3-2-4-6-13/h2-9,18H,10-11H2,1H3. The molecule has 0 atom stereocenters. The van der Waals surface area contributed by atoms with Gasteiger partial charge in [0.25, 0.3) is 0 Å². The summed E-state index contributed by atoms with van der Waals surface area (Å²) in [4.78, 5) is 0. The Morgan fingerprint density at radius 2 is 1.90 bits per heavy atom. The zero-order chi connectivity index (χ0) is 13.9. The highest BCUT2D eigenvalue weighted by atomic mass is 16.5. The predicted octanol–water partition coefficient (Wildman–Crippen LogP) is 3.81. The number of hydrogen-bond acceptors (Lipinski definition) is 3. The van der Waals surface area contributed by atoms with E-state index in [1.807, 2.05) is 55.5 Å². The fourth-order valence-electron chi connectivity index (χ4n) is 2.28. The molecule has 0 fully saturated rings. The van der Waals surface area contributed by atoms with Crippen molar-refractivity contribution in [3.63, 3.8) is 0 Å². The molecule has 3 aromatic rings. The number of aliphatic hydroxyl groups is 1.